The third-order valence-corrected chi connectivity index (χ3v) is 3.30. The van der Waals surface area contributed by atoms with Gasteiger partial charge in [-0.25, -0.2) is 4.39 Å². The lowest BCUT2D eigenvalue weighted by Gasteiger charge is -2.08. The van der Waals surface area contributed by atoms with Crippen LogP contribution >= 0.6 is 0 Å². The zero-order valence-electron chi connectivity index (χ0n) is 9.18. The molecule has 0 spiro atoms. The second-order valence-electron chi connectivity index (χ2n) is 4.85. The SMILES string of the molecule is Cc1cc2c(F)c(CC3(O)CC3)ccc2[nH]1. The van der Waals surface area contributed by atoms with Crippen LogP contribution in [0.4, 0.5) is 4.39 Å². The van der Waals surface area contributed by atoms with Crippen molar-refractivity contribution in [2.24, 2.45) is 0 Å². The van der Waals surface area contributed by atoms with E-state index in [1.807, 2.05) is 19.1 Å². The van der Waals surface area contributed by atoms with Crippen molar-refractivity contribution in [2.45, 2.75) is 31.8 Å². The zero-order valence-corrected chi connectivity index (χ0v) is 9.18. The first-order chi connectivity index (χ1) is 7.57. The number of nitrogens with one attached hydrogen (secondary N) is 1. The van der Waals surface area contributed by atoms with E-state index in [2.05, 4.69) is 4.98 Å². The zero-order chi connectivity index (χ0) is 11.3. The molecule has 0 amide bonds. The Morgan fingerprint density at radius 1 is 1.44 bits per heavy atom. The van der Waals surface area contributed by atoms with Gasteiger partial charge < -0.3 is 10.1 Å². The fourth-order valence-corrected chi connectivity index (χ4v) is 2.17. The maximum atomic E-state index is 14.1. The van der Waals surface area contributed by atoms with Crippen molar-refractivity contribution in [1.29, 1.82) is 0 Å². The lowest BCUT2D eigenvalue weighted by molar-refractivity contribution is 0.150. The third kappa shape index (κ3) is 1.52. The van der Waals surface area contributed by atoms with Crippen molar-refractivity contribution in [1.82, 2.24) is 4.98 Å². The molecule has 2 N–H and O–H groups in total. The van der Waals surface area contributed by atoms with E-state index in [4.69, 9.17) is 0 Å². The summed E-state index contributed by atoms with van der Waals surface area (Å²) in [6.07, 6.45) is 2.01. The molecule has 1 fully saturated rings. The lowest BCUT2D eigenvalue weighted by atomic mass is 10.0. The Kier molecular flexibility index (Phi) is 1.89. The van der Waals surface area contributed by atoms with Crippen LogP contribution in [-0.2, 0) is 6.42 Å². The molecular weight excluding hydrogens is 205 g/mol. The van der Waals surface area contributed by atoms with Gasteiger partial charge in [-0.05, 0) is 37.5 Å². The second kappa shape index (κ2) is 3.08. The van der Waals surface area contributed by atoms with Gasteiger partial charge in [-0.15, -0.1) is 0 Å². The highest BCUT2D eigenvalue weighted by atomic mass is 19.1. The highest BCUT2D eigenvalue weighted by molar-refractivity contribution is 5.81. The second-order valence-corrected chi connectivity index (χ2v) is 4.85. The van der Waals surface area contributed by atoms with Crippen LogP contribution in [0.2, 0.25) is 0 Å². The summed E-state index contributed by atoms with van der Waals surface area (Å²) in [5, 5.41) is 10.4. The summed E-state index contributed by atoms with van der Waals surface area (Å²) in [4.78, 5) is 3.10. The van der Waals surface area contributed by atoms with Crippen LogP contribution in [0.1, 0.15) is 24.1 Å². The third-order valence-electron chi connectivity index (χ3n) is 3.30. The molecule has 0 radical (unpaired) electrons. The van der Waals surface area contributed by atoms with E-state index < -0.39 is 5.60 Å². The molecule has 1 aliphatic carbocycles. The summed E-state index contributed by atoms with van der Waals surface area (Å²) in [5.41, 5.74) is 1.75. The molecule has 1 heterocycles. The summed E-state index contributed by atoms with van der Waals surface area (Å²) in [7, 11) is 0. The number of fused-ring (bicyclic) bond motifs is 1. The molecule has 0 unspecified atom stereocenters. The number of hydrogen-bond acceptors (Lipinski definition) is 1. The number of aryl methyl sites for hydroxylation is 1. The van der Waals surface area contributed by atoms with Gasteiger partial charge in [-0.1, -0.05) is 6.07 Å². The first-order valence-corrected chi connectivity index (χ1v) is 5.56. The van der Waals surface area contributed by atoms with Crippen molar-refractivity contribution in [3.05, 3.63) is 35.3 Å². The van der Waals surface area contributed by atoms with Crippen molar-refractivity contribution < 1.29 is 9.50 Å². The summed E-state index contributed by atoms with van der Waals surface area (Å²) in [6, 6.07) is 5.46. The van der Waals surface area contributed by atoms with E-state index in [0.717, 1.165) is 24.1 Å². The summed E-state index contributed by atoms with van der Waals surface area (Å²) < 4.78 is 14.1. The number of benzene rings is 1. The lowest BCUT2D eigenvalue weighted by Crippen LogP contribution is -2.11. The van der Waals surface area contributed by atoms with E-state index in [1.165, 1.54) is 0 Å². The van der Waals surface area contributed by atoms with Crippen molar-refractivity contribution in [3.63, 3.8) is 0 Å². The molecule has 1 aliphatic rings. The van der Waals surface area contributed by atoms with Gasteiger partial charge in [-0.2, -0.15) is 0 Å². The summed E-state index contributed by atoms with van der Waals surface area (Å²) >= 11 is 0. The van der Waals surface area contributed by atoms with Crippen LogP contribution in [0.3, 0.4) is 0 Å². The van der Waals surface area contributed by atoms with Crippen LogP contribution in [0.15, 0.2) is 18.2 Å². The normalized spacial score (nSPS) is 17.9. The van der Waals surface area contributed by atoms with E-state index in [9.17, 15) is 9.50 Å². The van der Waals surface area contributed by atoms with Crippen LogP contribution in [-0.4, -0.2) is 15.7 Å². The molecule has 2 aromatic rings. The number of aliphatic hydroxyl groups is 1. The van der Waals surface area contributed by atoms with Crippen LogP contribution in [0.25, 0.3) is 10.9 Å². The van der Waals surface area contributed by atoms with Gasteiger partial charge in [0.25, 0.3) is 0 Å². The molecule has 2 nitrogen and oxygen atoms in total. The van der Waals surface area contributed by atoms with Crippen molar-refractivity contribution in [2.75, 3.05) is 0 Å². The summed E-state index contributed by atoms with van der Waals surface area (Å²) in [6.45, 7) is 1.91. The molecule has 0 atom stereocenters. The molecule has 1 aromatic heterocycles. The highest BCUT2D eigenvalue weighted by Gasteiger charge is 2.40. The molecule has 3 rings (SSSR count). The molecule has 3 heteroatoms. The number of halogens is 1. The summed E-state index contributed by atoms with van der Waals surface area (Å²) in [5.74, 6) is -0.192. The first-order valence-electron chi connectivity index (χ1n) is 5.56. The molecule has 16 heavy (non-hydrogen) atoms. The molecule has 0 aliphatic heterocycles. The van der Waals surface area contributed by atoms with Gasteiger partial charge >= 0.3 is 0 Å². The Morgan fingerprint density at radius 2 is 2.19 bits per heavy atom. The smallest absolute Gasteiger partial charge is 0.135 e. The maximum absolute atomic E-state index is 14.1. The molecule has 0 saturated heterocycles. The predicted molar refractivity (Wildman–Crippen MR) is 60.9 cm³/mol. The van der Waals surface area contributed by atoms with Gasteiger partial charge in [0.1, 0.15) is 5.82 Å². The Morgan fingerprint density at radius 3 is 2.88 bits per heavy atom. The largest absolute Gasteiger partial charge is 0.390 e. The Bertz CT molecular complexity index is 554. The number of hydrogen-bond donors (Lipinski definition) is 2. The monoisotopic (exact) mass is 219 g/mol. The van der Waals surface area contributed by atoms with E-state index in [0.29, 0.717) is 17.4 Å². The quantitative estimate of drug-likeness (QED) is 0.800. The van der Waals surface area contributed by atoms with Gasteiger partial charge in [-0.3, -0.25) is 0 Å². The molecule has 1 aromatic carbocycles. The molecule has 84 valence electrons. The van der Waals surface area contributed by atoms with Gasteiger partial charge in [0.15, 0.2) is 0 Å². The van der Waals surface area contributed by atoms with Crippen LogP contribution in [0.5, 0.6) is 0 Å². The minimum absolute atomic E-state index is 0.192. The minimum atomic E-state index is -0.639. The minimum Gasteiger partial charge on any atom is -0.390 e. The Labute approximate surface area is 93.1 Å². The molecule has 0 bridgehead atoms. The van der Waals surface area contributed by atoms with E-state index in [1.54, 1.807) is 6.07 Å². The van der Waals surface area contributed by atoms with E-state index >= 15 is 0 Å². The number of H-pyrrole nitrogens is 1. The highest BCUT2D eigenvalue weighted by Crippen LogP contribution is 2.39. The maximum Gasteiger partial charge on any atom is 0.135 e. The van der Waals surface area contributed by atoms with Gasteiger partial charge in [0.2, 0.25) is 0 Å². The topological polar surface area (TPSA) is 36.0 Å². The number of aromatic amines is 1. The van der Waals surface area contributed by atoms with Crippen LogP contribution < -0.4 is 0 Å². The van der Waals surface area contributed by atoms with Crippen molar-refractivity contribution in [3.8, 4) is 0 Å². The predicted octanol–water partition coefficient (Wildman–Crippen LogP) is 2.68. The van der Waals surface area contributed by atoms with Crippen LogP contribution in [0, 0.1) is 12.7 Å². The fraction of sp³-hybridized carbons (Fsp3) is 0.385. The Balaban J connectivity index is 2.08. The Hall–Kier alpha value is -1.35. The van der Waals surface area contributed by atoms with E-state index in [-0.39, 0.29) is 5.82 Å². The first kappa shape index (κ1) is 9.85. The average molecular weight is 219 g/mol. The average Bonchev–Trinajstić information content (AvgIpc) is 2.81. The van der Waals surface area contributed by atoms with Gasteiger partial charge in [0, 0.05) is 23.0 Å². The number of aromatic nitrogens is 1. The molecular formula is C13H14FNO. The van der Waals surface area contributed by atoms with Crippen molar-refractivity contribution >= 4 is 10.9 Å². The number of rotatable bonds is 2. The fourth-order valence-electron chi connectivity index (χ4n) is 2.17. The standard InChI is InChI=1S/C13H14FNO/c1-8-6-10-11(15-8)3-2-9(12(10)14)7-13(16)4-5-13/h2-3,6,15-16H,4-5,7H2,1H3. The molecule has 1 saturated carbocycles. The van der Waals surface area contributed by atoms with Gasteiger partial charge in [0.05, 0.1) is 5.60 Å².